The number of thiazole rings is 1. The first kappa shape index (κ1) is 17.7. The molecule has 0 bridgehead atoms. The van der Waals surface area contributed by atoms with Gasteiger partial charge in [-0.2, -0.15) is 4.99 Å². The number of fused-ring (bicyclic) bond motifs is 1. The van der Waals surface area contributed by atoms with Gasteiger partial charge in [0.25, 0.3) is 5.91 Å². The Labute approximate surface area is 156 Å². The van der Waals surface area contributed by atoms with Crippen LogP contribution in [0.3, 0.4) is 0 Å². The van der Waals surface area contributed by atoms with E-state index in [-0.39, 0.29) is 5.91 Å². The minimum Gasteiger partial charge on any atom is -0.492 e. The fraction of sp³-hybridized carbons (Fsp3) is 0.143. The average molecular weight is 362 g/mol. The fourth-order valence-electron chi connectivity index (χ4n) is 2.56. The van der Waals surface area contributed by atoms with Crippen LogP contribution in [-0.4, -0.2) is 17.1 Å². The van der Waals surface area contributed by atoms with Crippen molar-refractivity contribution >= 4 is 33.5 Å². The zero-order chi connectivity index (χ0) is 18.4. The number of aromatic nitrogens is 1. The third-order valence-electron chi connectivity index (χ3n) is 3.64. The van der Waals surface area contributed by atoms with Crippen molar-refractivity contribution in [1.82, 2.24) is 4.57 Å². The van der Waals surface area contributed by atoms with Crippen LogP contribution in [0.5, 0.6) is 5.75 Å². The van der Waals surface area contributed by atoms with Gasteiger partial charge in [-0.05, 0) is 30.7 Å². The molecule has 3 aromatic rings. The number of amides is 1. The molecule has 0 N–H and O–H groups in total. The van der Waals surface area contributed by atoms with Crippen molar-refractivity contribution in [2.75, 3.05) is 6.61 Å². The van der Waals surface area contributed by atoms with Gasteiger partial charge in [0.05, 0.1) is 17.9 Å². The van der Waals surface area contributed by atoms with Gasteiger partial charge in [0.15, 0.2) is 4.80 Å². The number of carbonyl (C=O) groups is 1. The summed E-state index contributed by atoms with van der Waals surface area (Å²) in [6.45, 7) is 2.80. The molecule has 0 unspecified atom stereocenters. The van der Waals surface area contributed by atoms with Crippen LogP contribution in [0, 0.1) is 12.3 Å². The Balaban J connectivity index is 2.03. The Morgan fingerprint density at radius 3 is 2.81 bits per heavy atom. The Morgan fingerprint density at radius 2 is 2.08 bits per heavy atom. The van der Waals surface area contributed by atoms with E-state index in [1.807, 2.05) is 60.0 Å². The number of nitrogens with zero attached hydrogens (tertiary/aromatic N) is 2. The summed E-state index contributed by atoms with van der Waals surface area (Å²) >= 11 is 1.42. The number of benzene rings is 2. The lowest BCUT2D eigenvalue weighted by molar-refractivity contribution is -0.113. The highest BCUT2D eigenvalue weighted by Gasteiger charge is 2.11. The van der Waals surface area contributed by atoms with Crippen molar-refractivity contribution in [2.24, 2.45) is 4.99 Å². The molecule has 0 aliphatic heterocycles. The first-order chi connectivity index (χ1) is 12.7. The monoisotopic (exact) mass is 362 g/mol. The maximum atomic E-state index is 12.3. The molecule has 0 fully saturated rings. The van der Waals surface area contributed by atoms with E-state index in [1.54, 1.807) is 6.08 Å². The standard InChI is InChI=1S/C21H18N2O2S/c1-3-15-23-20-17(25-4-2)11-8-12-18(20)26-21(23)22-19(24)14-13-16-9-6-5-7-10-16/h1,5-14H,4,15H2,2H3. The van der Waals surface area contributed by atoms with Gasteiger partial charge in [-0.3, -0.25) is 4.79 Å². The maximum absolute atomic E-state index is 12.3. The van der Waals surface area contributed by atoms with Gasteiger partial charge in [0, 0.05) is 6.08 Å². The van der Waals surface area contributed by atoms with E-state index in [0.29, 0.717) is 18.0 Å². The molecule has 0 saturated carbocycles. The molecule has 0 atom stereocenters. The van der Waals surface area contributed by atoms with Gasteiger partial charge in [-0.25, -0.2) is 0 Å². The van der Waals surface area contributed by atoms with Crippen molar-refractivity contribution in [1.29, 1.82) is 0 Å². The Morgan fingerprint density at radius 1 is 1.27 bits per heavy atom. The summed E-state index contributed by atoms with van der Waals surface area (Å²) in [6, 6.07) is 15.4. The van der Waals surface area contributed by atoms with Gasteiger partial charge < -0.3 is 9.30 Å². The zero-order valence-electron chi connectivity index (χ0n) is 14.4. The number of ether oxygens (including phenoxy) is 1. The molecule has 1 amide bonds. The molecule has 5 heteroatoms. The largest absolute Gasteiger partial charge is 0.492 e. The molecule has 4 nitrogen and oxygen atoms in total. The number of para-hydroxylation sites is 1. The van der Waals surface area contributed by atoms with Crippen LogP contribution < -0.4 is 9.54 Å². The Hall–Kier alpha value is -3.10. The summed E-state index contributed by atoms with van der Waals surface area (Å²) < 4.78 is 8.53. The van der Waals surface area contributed by atoms with E-state index < -0.39 is 0 Å². The topological polar surface area (TPSA) is 43.6 Å². The minimum atomic E-state index is -0.329. The molecule has 0 saturated heterocycles. The molecular formula is C21H18N2O2S. The van der Waals surface area contributed by atoms with E-state index in [2.05, 4.69) is 10.9 Å². The smallest absolute Gasteiger partial charge is 0.272 e. The lowest BCUT2D eigenvalue weighted by atomic mass is 10.2. The number of carbonyl (C=O) groups excluding carboxylic acids is 1. The van der Waals surface area contributed by atoms with Crippen molar-refractivity contribution < 1.29 is 9.53 Å². The molecule has 1 aromatic heterocycles. The summed E-state index contributed by atoms with van der Waals surface area (Å²) in [5.74, 6) is 3.04. The molecule has 2 aromatic carbocycles. The summed E-state index contributed by atoms with van der Waals surface area (Å²) in [7, 11) is 0. The number of terminal acetylenes is 1. The van der Waals surface area contributed by atoms with Gasteiger partial charge >= 0.3 is 0 Å². The first-order valence-corrected chi connectivity index (χ1v) is 9.05. The fourth-order valence-corrected chi connectivity index (χ4v) is 3.61. The highest BCUT2D eigenvalue weighted by molar-refractivity contribution is 7.16. The van der Waals surface area contributed by atoms with E-state index in [1.165, 1.54) is 17.4 Å². The van der Waals surface area contributed by atoms with Gasteiger partial charge in [0.1, 0.15) is 11.3 Å². The zero-order valence-corrected chi connectivity index (χ0v) is 15.2. The predicted molar refractivity (Wildman–Crippen MR) is 106 cm³/mol. The van der Waals surface area contributed by atoms with E-state index >= 15 is 0 Å². The van der Waals surface area contributed by atoms with Crippen molar-refractivity contribution in [2.45, 2.75) is 13.5 Å². The van der Waals surface area contributed by atoms with Crippen LogP contribution >= 0.6 is 11.3 Å². The highest BCUT2D eigenvalue weighted by Crippen LogP contribution is 2.27. The summed E-state index contributed by atoms with van der Waals surface area (Å²) in [4.78, 5) is 17.1. The third kappa shape index (κ3) is 3.93. The number of hydrogen-bond acceptors (Lipinski definition) is 3. The summed E-state index contributed by atoms with van der Waals surface area (Å²) in [5.41, 5.74) is 1.82. The van der Waals surface area contributed by atoms with Gasteiger partial charge in [-0.1, -0.05) is 53.7 Å². The Kier molecular flexibility index (Phi) is 5.67. The summed E-state index contributed by atoms with van der Waals surface area (Å²) in [6.07, 6.45) is 8.73. The van der Waals surface area contributed by atoms with E-state index in [9.17, 15) is 4.79 Å². The molecule has 0 radical (unpaired) electrons. The van der Waals surface area contributed by atoms with Crippen LogP contribution in [-0.2, 0) is 11.3 Å². The van der Waals surface area contributed by atoms with Gasteiger partial charge in [0.2, 0.25) is 0 Å². The molecule has 1 heterocycles. The highest BCUT2D eigenvalue weighted by atomic mass is 32.1. The number of hydrogen-bond donors (Lipinski definition) is 0. The molecule has 130 valence electrons. The van der Waals surface area contributed by atoms with Crippen LogP contribution in [0.4, 0.5) is 0 Å². The maximum Gasteiger partial charge on any atom is 0.272 e. The molecule has 3 rings (SSSR count). The Bertz CT molecular complexity index is 1050. The van der Waals surface area contributed by atoms with E-state index in [0.717, 1.165) is 21.5 Å². The van der Waals surface area contributed by atoms with Crippen molar-refractivity contribution in [3.8, 4) is 18.1 Å². The third-order valence-corrected chi connectivity index (χ3v) is 4.68. The van der Waals surface area contributed by atoms with Crippen LogP contribution in [0.1, 0.15) is 12.5 Å². The van der Waals surface area contributed by atoms with E-state index in [4.69, 9.17) is 11.2 Å². The second-order valence-electron chi connectivity index (χ2n) is 5.40. The second kappa shape index (κ2) is 8.32. The second-order valence-corrected chi connectivity index (χ2v) is 6.41. The quantitative estimate of drug-likeness (QED) is 0.511. The molecule has 0 aliphatic carbocycles. The SMILES string of the molecule is C#CCn1c(=NC(=O)C=Cc2ccccc2)sc2cccc(OCC)c21. The van der Waals surface area contributed by atoms with Crippen LogP contribution in [0.25, 0.3) is 16.3 Å². The summed E-state index contributed by atoms with van der Waals surface area (Å²) in [5, 5.41) is 0. The number of rotatable bonds is 5. The minimum absolute atomic E-state index is 0.318. The molecule has 0 aliphatic rings. The average Bonchev–Trinajstić information content (AvgIpc) is 3.00. The molecular weight excluding hydrogens is 344 g/mol. The van der Waals surface area contributed by atoms with Crippen molar-refractivity contribution in [3.05, 3.63) is 65.0 Å². The molecule has 26 heavy (non-hydrogen) atoms. The van der Waals surface area contributed by atoms with Crippen LogP contribution in [0.15, 0.2) is 59.6 Å². The normalized spacial score (nSPS) is 11.8. The lowest BCUT2D eigenvalue weighted by Crippen LogP contribution is -2.16. The molecule has 0 spiro atoms. The van der Waals surface area contributed by atoms with Crippen LogP contribution in [0.2, 0.25) is 0 Å². The predicted octanol–water partition coefficient (Wildman–Crippen LogP) is 3.88. The van der Waals surface area contributed by atoms with Crippen molar-refractivity contribution in [3.63, 3.8) is 0 Å². The first-order valence-electron chi connectivity index (χ1n) is 8.23. The van der Waals surface area contributed by atoms with Gasteiger partial charge in [-0.15, -0.1) is 6.42 Å². The lowest BCUT2D eigenvalue weighted by Gasteiger charge is -2.07.